The van der Waals surface area contributed by atoms with Crippen molar-refractivity contribution in [1.82, 2.24) is 0 Å². The maximum Gasteiger partial charge on any atom is 0.298 e. The standard InChI is InChI=1S/C38H44O9/c1-21(2)10-11-25-31-24(13-16-36(8,45-31)15-9-14-34(4,5)43)29(40)28-30(41)26-18-23-19-27-35(6,7)47-37(33(23)42,17-12-22(3)44-20-39)38(26,27)46-32(25)28/h9-10,12-14,16,18,20,23,27,40,43H,11,15,17,19H2,1-8H3/b14-9+,22-12-/t23?,27?,36-,37-,38-/m1/s1. The average Bonchev–Trinajstić information content (AvgIpc) is 3.12. The molecule has 6 aliphatic rings. The fourth-order valence-electron chi connectivity index (χ4n) is 8.11. The van der Waals surface area contributed by atoms with E-state index in [4.69, 9.17) is 18.9 Å². The molecule has 1 aromatic rings. The van der Waals surface area contributed by atoms with Crippen LogP contribution in [-0.2, 0) is 25.5 Å². The van der Waals surface area contributed by atoms with Crippen LogP contribution in [0, 0.1) is 11.8 Å². The first-order valence-electron chi connectivity index (χ1n) is 16.2. The van der Waals surface area contributed by atoms with E-state index in [0.717, 1.165) is 5.57 Å². The van der Waals surface area contributed by atoms with E-state index in [2.05, 4.69) is 0 Å². The number of aliphatic hydroxyl groups is 1. The third-order valence-corrected chi connectivity index (χ3v) is 10.2. The molecule has 1 saturated carbocycles. The van der Waals surface area contributed by atoms with E-state index in [-0.39, 0.29) is 35.2 Å². The third kappa shape index (κ3) is 4.92. The van der Waals surface area contributed by atoms with Crippen LogP contribution in [0.4, 0.5) is 0 Å². The summed E-state index contributed by atoms with van der Waals surface area (Å²) >= 11 is 0. The largest absolute Gasteiger partial charge is 0.506 e. The van der Waals surface area contributed by atoms with Gasteiger partial charge in [0.15, 0.2) is 22.8 Å². The quantitative estimate of drug-likeness (QED) is 0.182. The lowest BCUT2D eigenvalue weighted by atomic mass is 9.51. The van der Waals surface area contributed by atoms with Gasteiger partial charge in [0.25, 0.3) is 6.47 Å². The van der Waals surface area contributed by atoms with Crippen LogP contribution < -0.4 is 9.47 Å². The molecule has 2 fully saturated rings. The summed E-state index contributed by atoms with van der Waals surface area (Å²) in [4.78, 5) is 40.1. The minimum absolute atomic E-state index is 0.0208. The van der Waals surface area contributed by atoms with Crippen molar-refractivity contribution in [1.29, 1.82) is 0 Å². The molecule has 9 nitrogen and oxygen atoms in total. The molecule has 3 aliphatic heterocycles. The Morgan fingerprint density at radius 2 is 1.81 bits per heavy atom. The van der Waals surface area contributed by atoms with E-state index in [9.17, 15) is 24.6 Å². The minimum atomic E-state index is -1.58. The molecule has 4 bridgehead atoms. The van der Waals surface area contributed by atoms with Crippen LogP contribution in [0.5, 0.6) is 17.2 Å². The van der Waals surface area contributed by atoms with Crippen molar-refractivity contribution in [3.63, 3.8) is 0 Å². The maximum absolute atomic E-state index is 14.7. The molecular formula is C38H44O9. The van der Waals surface area contributed by atoms with Gasteiger partial charge >= 0.3 is 0 Å². The monoisotopic (exact) mass is 644 g/mol. The van der Waals surface area contributed by atoms with Crippen molar-refractivity contribution in [2.45, 2.75) is 109 Å². The van der Waals surface area contributed by atoms with Crippen molar-refractivity contribution in [3.05, 3.63) is 70.1 Å². The van der Waals surface area contributed by atoms with Gasteiger partial charge in [0.05, 0.1) is 16.8 Å². The number of ether oxygens (including phenoxy) is 4. The summed E-state index contributed by atoms with van der Waals surface area (Å²) in [6.45, 7) is 15.0. The normalized spacial score (nSPS) is 31.4. The van der Waals surface area contributed by atoms with E-state index in [1.807, 2.05) is 52.8 Å². The zero-order chi connectivity index (χ0) is 34.3. The highest BCUT2D eigenvalue weighted by Gasteiger charge is 2.81. The van der Waals surface area contributed by atoms with E-state index in [1.165, 1.54) is 0 Å². The molecule has 47 heavy (non-hydrogen) atoms. The molecule has 9 heteroatoms. The Kier molecular flexibility index (Phi) is 7.57. The number of rotatable bonds is 9. The fraction of sp³-hybridized carbons (Fsp3) is 0.500. The van der Waals surface area contributed by atoms with Crippen molar-refractivity contribution < 1.29 is 43.5 Å². The Labute approximate surface area is 275 Å². The second-order valence-corrected chi connectivity index (χ2v) is 15.0. The predicted molar refractivity (Wildman–Crippen MR) is 175 cm³/mol. The molecule has 2 N–H and O–H groups in total. The van der Waals surface area contributed by atoms with Crippen molar-refractivity contribution in [2.75, 3.05) is 0 Å². The van der Waals surface area contributed by atoms with Gasteiger partial charge in [-0.25, -0.2) is 0 Å². The number of carbonyl (C=O) groups excluding carboxylic acids is 3. The van der Waals surface area contributed by atoms with Crippen molar-refractivity contribution in [2.24, 2.45) is 11.8 Å². The number of aromatic hydroxyl groups is 1. The summed E-state index contributed by atoms with van der Waals surface area (Å²) in [7, 11) is 0. The molecule has 5 atom stereocenters. The number of fused-ring (bicyclic) bond motifs is 2. The number of Topliss-reactive ketones (excluding diaryl/α,β-unsaturated/α-hetero) is 2. The summed E-state index contributed by atoms with van der Waals surface area (Å²) < 4.78 is 25.6. The first-order chi connectivity index (χ1) is 21.9. The van der Waals surface area contributed by atoms with E-state index >= 15 is 0 Å². The Morgan fingerprint density at radius 1 is 1.09 bits per heavy atom. The molecule has 7 rings (SSSR count). The summed E-state index contributed by atoms with van der Waals surface area (Å²) in [6.07, 6.45) is 13.8. The number of phenolic OH excluding ortho intramolecular Hbond substituents is 1. The first-order valence-corrected chi connectivity index (χ1v) is 16.2. The minimum Gasteiger partial charge on any atom is -0.506 e. The van der Waals surface area contributed by atoms with Gasteiger partial charge in [-0.15, -0.1) is 0 Å². The molecule has 3 aliphatic carbocycles. The number of allylic oxidation sites excluding steroid dienone is 4. The van der Waals surface area contributed by atoms with E-state index in [0.29, 0.717) is 53.9 Å². The Bertz CT molecular complexity index is 1730. The number of hydrogen-bond donors (Lipinski definition) is 2. The van der Waals surface area contributed by atoms with Crippen LogP contribution >= 0.6 is 0 Å². The summed E-state index contributed by atoms with van der Waals surface area (Å²) in [5.74, 6) is -0.907. The van der Waals surface area contributed by atoms with Crippen molar-refractivity contribution >= 4 is 24.1 Å². The summed E-state index contributed by atoms with van der Waals surface area (Å²) in [5.41, 5.74) is -3.39. The molecule has 0 amide bonds. The van der Waals surface area contributed by atoms with Gasteiger partial charge in [0.1, 0.15) is 34.2 Å². The van der Waals surface area contributed by atoms with Gasteiger partial charge in [-0.05, 0) is 86.5 Å². The lowest BCUT2D eigenvalue weighted by molar-refractivity contribution is -0.171. The topological polar surface area (TPSA) is 129 Å². The molecular weight excluding hydrogens is 600 g/mol. The second kappa shape index (κ2) is 10.8. The van der Waals surface area contributed by atoms with Gasteiger partial charge in [-0.3, -0.25) is 14.4 Å². The predicted octanol–water partition coefficient (Wildman–Crippen LogP) is 6.26. The SMILES string of the molecule is CC(C)=CCc1c2c(c(O)c3c1O[C@]14C(=CC5CC1C(C)(C)O[C@]4(C/C=C(/C)OC=O)C5=O)C3=O)C=C[C@@](C)(C/C=C/C(C)(C)O)O2. The summed E-state index contributed by atoms with van der Waals surface area (Å²) in [6, 6.07) is 0. The highest BCUT2D eigenvalue weighted by molar-refractivity contribution is 6.19. The number of carbonyl (C=O) groups is 3. The average molecular weight is 645 g/mol. The van der Waals surface area contributed by atoms with Crippen LogP contribution in [0.25, 0.3) is 6.08 Å². The zero-order valence-corrected chi connectivity index (χ0v) is 28.4. The summed E-state index contributed by atoms with van der Waals surface area (Å²) in [5, 5.41) is 22.0. The highest BCUT2D eigenvalue weighted by atomic mass is 16.6. The lowest BCUT2D eigenvalue weighted by Crippen LogP contribution is -2.72. The number of phenols is 1. The van der Waals surface area contributed by atoms with Crippen LogP contribution in [0.15, 0.2) is 53.4 Å². The van der Waals surface area contributed by atoms with Crippen LogP contribution in [-0.4, -0.2) is 56.3 Å². The first kappa shape index (κ1) is 33.0. The zero-order valence-electron chi connectivity index (χ0n) is 28.4. The molecule has 250 valence electrons. The Hall–Kier alpha value is -3.95. The second-order valence-electron chi connectivity index (χ2n) is 15.0. The number of benzene rings is 1. The fourth-order valence-corrected chi connectivity index (χ4v) is 8.11. The molecule has 1 spiro atoms. The van der Waals surface area contributed by atoms with Gasteiger partial charge < -0.3 is 29.2 Å². The van der Waals surface area contributed by atoms with Crippen LogP contribution in [0.3, 0.4) is 0 Å². The molecule has 0 aromatic heterocycles. The van der Waals surface area contributed by atoms with E-state index in [1.54, 1.807) is 45.1 Å². The number of ketones is 2. The lowest BCUT2D eigenvalue weighted by Gasteiger charge is -2.56. The smallest absolute Gasteiger partial charge is 0.298 e. The maximum atomic E-state index is 14.7. The molecule has 1 saturated heterocycles. The van der Waals surface area contributed by atoms with Crippen LogP contribution in [0.1, 0.15) is 96.1 Å². The van der Waals surface area contributed by atoms with E-state index < -0.39 is 39.7 Å². The van der Waals surface area contributed by atoms with Gasteiger partial charge in [-0.1, -0.05) is 29.9 Å². The highest BCUT2D eigenvalue weighted by Crippen LogP contribution is 2.68. The van der Waals surface area contributed by atoms with Gasteiger partial charge in [0, 0.05) is 35.8 Å². The molecule has 0 radical (unpaired) electrons. The van der Waals surface area contributed by atoms with Gasteiger partial charge in [0.2, 0.25) is 0 Å². The third-order valence-electron chi connectivity index (χ3n) is 10.2. The molecule has 3 heterocycles. The van der Waals surface area contributed by atoms with Gasteiger partial charge in [-0.2, -0.15) is 0 Å². The van der Waals surface area contributed by atoms with Crippen molar-refractivity contribution in [3.8, 4) is 17.2 Å². The molecule has 2 unspecified atom stereocenters. The number of hydrogen-bond acceptors (Lipinski definition) is 9. The Morgan fingerprint density at radius 3 is 2.47 bits per heavy atom. The van der Waals surface area contributed by atoms with Crippen LogP contribution in [0.2, 0.25) is 0 Å². The Balaban J connectivity index is 1.57. The molecule has 1 aromatic carbocycles.